The summed E-state index contributed by atoms with van der Waals surface area (Å²) in [5.74, 6) is 0.192. The molecule has 2 atom stereocenters. The maximum atomic E-state index is 10.3. The van der Waals surface area contributed by atoms with E-state index in [9.17, 15) is 9.90 Å². The van der Waals surface area contributed by atoms with E-state index >= 15 is 0 Å². The summed E-state index contributed by atoms with van der Waals surface area (Å²) in [6.45, 7) is 0.304. The fraction of sp³-hybridized carbons (Fsp3) is 0.875. The summed E-state index contributed by atoms with van der Waals surface area (Å²) in [4.78, 5) is 10.3. The normalized spacial score (nSPS) is 15.1. The summed E-state index contributed by atoms with van der Waals surface area (Å²) in [6, 6.07) is -0.804. The lowest BCUT2D eigenvalue weighted by Gasteiger charge is -2.09. The van der Waals surface area contributed by atoms with Crippen molar-refractivity contribution in [3.8, 4) is 0 Å². The predicted octanol–water partition coefficient (Wildman–Crippen LogP) is -0.471. The van der Waals surface area contributed by atoms with Crippen LogP contribution in [0.2, 0.25) is 0 Å². The molecule has 0 aromatic heterocycles. The van der Waals surface area contributed by atoms with Gasteiger partial charge in [0.15, 0.2) is 0 Å². The van der Waals surface area contributed by atoms with Gasteiger partial charge in [0.25, 0.3) is 0 Å². The number of carbonyl (C=O) groups is 1. The van der Waals surface area contributed by atoms with Gasteiger partial charge in [-0.1, -0.05) is 0 Å². The van der Waals surface area contributed by atoms with Crippen molar-refractivity contribution in [3.05, 3.63) is 0 Å². The molecule has 0 aromatic carbocycles. The first kappa shape index (κ1) is 13.7. The predicted molar refractivity (Wildman–Crippen MR) is 55.4 cm³/mol. The summed E-state index contributed by atoms with van der Waals surface area (Å²) in [7, 11) is 1.52. The molecule has 0 radical (unpaired) electrons. The molecule has 84 valence electrons. The number of carboxylic acids is 1. The van der Waals surface area contributed by atoms with E-state index in [1.165, 1.54) is 18.9 Å². The molecule has 0 fully saturated rings. The molecule has 0 aromatic rings. The first-order valence-electron chi connectivity index (χ1n) is 4.31. The van der Waals surface area contributed by atoms with Crippen LogP contribution < -0.4 is 5.73 Å². The van der Waals surface area contributed by atoms with Crippen molar-refractivity contribution in [1.82, 2.24) is 0 Å². The van der Waals surface area contributed by atoms with Gasteiger partial charge in [0.05, 0.1) is 12.7 Å². The van der Waals surface area contributed by atoms with Gasteiger partial charge in [0.1, 0.15) is 6.04 Å². The molecule has 0 saturated heterocycles. The standard InChI is InChI=1S/C8H17NO4S/c1-13-4-6(10)5-14-3-2-7(9)8(11)12/h6-7,10H,2-5,9H2,1H3,(H,11,12). The average molecular weight is 223 g/mol. The highest BCUT2D eigenvalue weighted by atomic mass is 32.2. The van der Waals surface area contributed by atoms with Crippen LogP contribution in [-0.2, 0) is 9.53 Å². The fourth-order valence-corrected chi connectivity index (χ4v) is 1.75. The number of thioether (sulfide) groups is 1. The fourth-order valence-electron chi connectivity index (χ4n) is 0.794. The SMILES string of the molecule is COCC(O)CSCCC(N)C(=O)O. The van der Waals surface area contributed by atoms with Gasteiger partial charge >= 0.3 is 5.97 Å². The molecule has 0 amide bonds. The average Bonchev–Trinajstić information content (AvgIpc) is 2.12. The highest BCUT2D eigenvalue weighted by Gasteiger charge is 2.11. The third-order valence-electron chi connectivity index (χ3n) is 1.56. The summed E-state index contributed by atoms with van der Waals surface area (Å²) >= 11 is 1.47. The summed E-state index contributed by atoms with van der Waals surface area (Å²) in [5, 5.41) is 17.7. The Morgan fingerprint density at radius 1 is 1.64 bits per heavy atom. The first-order chi connectivity index (χ1) is 6.57. The Hall–Kier alpha value is -0.300. The van der Waals surface area contributed by atoms with Crippen molar-refractivity contribution in [2.45, 2.75) is 18.6 Å². The quantitative estimate of drug-likeness (QED) is 0.482. The van der Waals surface area contributed by atoms with Crippen LogP contribution >= 0.6 is 11.8 Å². The largest absolute Gasteiger partial charge is 0.480 e. The number of nitrogens with two attached hydrogens (primary N) is 1. The summed E-state index contributed by atoms with van der Waals surface area (Å²) in [6.07, 6.45) is -0.0780. The third kappa shape index (κ3) is 7.14. The third-order valence-corrected chi connectivity index (χ3v) is 2.70. The van der Waals surface area contributed by atoms with E-state index in [1.807, 2.05) is 0 Å². The maximum absolute atomic E-state index is 10.3. The molecule has 0 aliphatic heterocycles. The molecule has 14 heavy (non-hydrogen) atoms. The van der Waals surface area contributed by atoms with E-state index in [1.54, 1.807) is 0 Å². The lowest BCUT2D eigenvalue weighted by Crippen LogP contribution is -2.30. The van der Waals surface area contributed by atoms with Crippen LogP contribution in [0.1, 0.15) is 6.42 Å². The lowest BCUT2D eigenvalue weighted by atomic mass is 10.2. The van der Waals surface area contributed by atoms with Crippen LogP contribution in [0.4, 0.5) is 0 Å². The van der Waals surface area contributed by atoms with E-state index in [0.717, 1.165) is 0 Å². The van der Waals surface area contributed by atoms with Crippen LogP contribution in [0.15, 0.2) is 0 Å². The van der Waals surface area contributed by atoms with Crippen molar-refractivity contribution in [3.63, 3.8) is 0 Å². The Kier molecular flexibility index (Phi) is 7.87. The Balaban J connectivity index is 3.33. The highest BCUT2D eigenvalue weighted by molar-refractivity contribution is 7.99. The highest BCUT2D eigenvalue weighted by Crippen LogP contribution is 2.06. The molecule has 0 aliphatic carbocycles. The molecule has 6 heteroatoms. The van der Waals surface area contributed by atoms with Gasteiger partial charge in [-0.3, -0.25) is 4.79 Å². The zero-order valence-corrected chi connectivity index (χ0v) is 9.00. The van der Waals surface area contributed by atoms with Crippen LogP contribution in [0, 0.1) is 0 Å². The van der Waals surface area contributed by atoms with Gasteiger partial charge in [0, 0.05) is 12.9 Å². The number of methoxy groups -OCH3 is 1. The van der Waals surface area contributed by atoms with E-state index in [4.69, 9.17) is 15.6 Å². The monoisotopic (exact) mass is 223 g/mol. The van der Waals surface area contributed by atoms with Crippen LogP contribution in [0.5, 0.6) is 0 Å². The van der Waals surface area contributed by atoms with Crippen molar-refractivity contribution < 1.29 is 19.7 Å². The number of hydrogen-bond acceptors (Lipinski definition) is 5. The Bertz CT molecular complexity index is 167. The molecular formula is C8H17NO4S. The first-order valence-corrected chi connectivity index (χ1v) is 5.46. The second kappa shape index (κ2) is 8.05. The zero-order valence-electron chi connectivity index (χ0n) is 8.18. The van der Waals surface area contributed by atoms with Gasteiger partial charge in [-0.15, -0.1) is 0 Å². The van der Waals surface area contributed by atoms with Gasteiger partial charge in [-0.2, -0.15) is 11.8 Å². The van der Waals surface area contributed by atoms with E-state index < -0.39 is 18.1 Å². The summed E-state index contributed by atoms with van der Waals surface area (Å²) < 4.78 is 4.74. The Labute approximate surface area is 87.6 Å². The molecule has 0 heterocycles. The van der Waals surface area contributed by atoms with Gasteiger partial charge in [-0.25, -0.2) is 0 Å². The zero-order chi connectivity index (χ0) is 11.0. The van der Waals surface area contributed by atoms with Crippen LogP contribution in [0.25, 0.3) is 0 Å². The number of hydrogen-bond donors (Lipinski definition) is 3. The van der Waals surface area contributed by atoms with E-state index in [-0.39, 0.29) is 0 Å². The Morgan fingerprint density at radius 2 is 2.29 bits per heavy atom. The molecule has 0 aliphatic rings. The second-order valence-corrected chi connectivity index (χ2v) is 4.07. The molecule has 0 saturated carbocycles. The van der Waals surface area contributed by atoms with Crippen molar-refractivity contribution in [2.24, 2.45) is 5.73 Å². The smallest absolute Gasteiger partial charge is 0.320 e. The molecule has 5 nitrogen and oxygen atoms in total. The molecule has 0 rings (SSSR count). The van der Waals surface area contributed by atoms with Gasteiger partial charge in [-0.05, 0) is 12.2 Å². The van der Waals surface area contributed by atoms with Crippen molar-refractivity contribution >= 4 is 17.7 Å². The second-order valence-electron chi connectivity index (χ2n) is 2.92. The number of aliphatic hydroxyl groups excluding tert-OH is 1. The topological polar surface area (TPSA) is 92.8 Å². The number of aliphatic hydroxyl groups is 1. The van der Waals surface area contributed by atoms with Gasteiger partial charge in [0.2, 0.25) is 0 Å². The van der Waals surface area contributed by atoms with E-state index in [0.29, 0.717) is 24.5 Å². The Morgan fingerprint density at radius 3 is 2.79 bits per heavy atom. The van der Waals surface area contributed by atoms with Crippen LogP contribution in [0.3, 0.4) is 0 Å². The number of aliphatic carboxylic acids is 1. The molecular weight excluding hydrogens is 206 g/mol. The number of carboxylic acid groups (broad SMARTS) is 1. The van der Waals surface area contributed by atoms with Crippen molar-refractivity contribution in [2.75, 3.05) is 25.2 Å². The number of rotatable bonds is 8. The minimum absolute atomic E-state index is 0.304. The summed E-state index contributed by atoms with van der Waals surface area (Å²) in [5.41, 5.74) is 5.29. The van der Waals surface area contributed by atoms with Crippen molar-refractivity contribution in [1.29, 1.82) is 0 Å². The molecule has 2 unspecified atom stereocenters. The maximum Gasteiger partial charge on any atom is 0.320 e. The lowest BCUT2D eigenvalue weighted by molar-refractivity contribution is -0.138. The van der Waals surface area contributed by atoms with Gasteiger partial charge < -0.3 is 20.7 Å². The number of ether oxygens (including phenoxy) is 1. The minimum Gasteiger partial charge on any atom is -0.480 e. The van der Waals surface area contributed by atoms with Crippen LogP contribution in [-0.4, -0.2) is 53.6 Å². The molecule has 0 bridgehead atoms. The molecule has 4 N–H and O–H groups in total. The molecule has 0 spiro atoms. The minimum atomic E-state index is -0.983. The van der Waals surface area contributed by atoms with E-state index in [2.05, 4.69) is 0 Å².